The summed E-state index contributed by atoms with van der Waals surface area (Å²) in [5, 5.41) is 3.26. The predicted octanol–water partition coefficient (Wildman–Crippen LogP) is 2.45. The average molecular weight is 287 g/mol. The van der Waals surface area contributed by atoms with Crippen LogP contribution in [-0.4, -0.2) is 27.2 Å². The van der Waals surface area contributed by atoms with Crippen LogP contribution in [0.15, 0.2) is 23.0 Å². The molecule has 1 N–H and O–H groups in total. The van der Waals surface area contributed by atoms with Crippen LogP contribution in [0.1, 0.15) is 18.2 Å². The number of aryl methyl sites for hydroxylation is 1. The molecule has 1 heterocycles. The molecule has 1 aromatic carbocycles. The van der Waals surface area contributed by atoms with Crippen molar-refractivity contribution in [3.05, 3.63) is 39.8 Å². The molecule has 0 unspecified atom stereocenters. The second-order valence-electron chi connectivity index (χ2n) is 5.29. The van der Waals surface area contributed by atoms with Gasteiger partial charge in [0.25, 0.3) is 5.56 Å². The quantitative estimate of drug-likeness (QED) is 0.693. The van der Waals surface area contributed by atoms with Crippen molar-refractivity contribution < 1.29 is 4.58 Å². The van der Waals surface area contributed by atoms with Gasteiger partial charge in [0, 0.05) is 31.9 Å². The Balaban J connectivity index is 2.40. The number of rotatable bonds is 4. The zero-order valence-electron chi connectivity index (χ0n) is 13.4. The lowest BCUT2D eigenvalue weighted by molar-refractivity contribution is -0.426. The molecule has 1 aromatic heterocycles. The number of hydrogen-bond acceptors (Lipinski definition) is 2. The first kappa shape index (κ1) is 15.1. The minimum atomic E-state index is -0.0224. The molecule has 0 aliphatic carbocycles. The topological polar surface area (TPSA) is 42.0 Å². The summed E-state index contributed by atoms with van der Waals surface area (Å²) < 4.78 is 5.36. The van der Waals surface area contributed by atoms with Gasteiger partial charge in [-0.05, 0) is 32.4 Å². The van der Waals surface area contributed by atoms with Crippen molar-refractivity contribution in [2.45, 2.75) is 20.8 Å². The highest BCUT2D eigenvalue weighted by Crippen LogP contribution is 2.24. The maximum Gasteiger partial charge on any atom is 0.290 e. The lowest BCUT2D eigenvalue weighted by Crippen LogP contribution is -2.18. The lowest BCUT2D eigenvalue weighted by Gasteiger charge is -2.09. The second kappa shape index (κ2) is 5.60. The fourth-order valence-corrected chi connectivity index (χ4v) is 2.29. The molecule has 2 rings (SSSR count). The Kier molecular flexibility index (Phi) is 4.02. The fraction of sp³-hybridized carbons (Fsp3) is 0.375. The van der Waals surface area contributed by atoms with E-state index in [1.165, 1.54) is 0 Å². The monoisotopic (exact) mass is 287 g/mol. The zero-order chi connectivity index (χ0) is 15.7. The van der Waals surface area contributed by atoms with E-state index in [4.69, 9.17) is 0 Å². The van der Waals surface area contributed by atoms with Crippen molar-refractivity contribution in [2.24, 2.45) is 14.1 Å². The Hall–Kier alpha value is -2.30. The second-order valence-corrected chi connectivity index (χ2v) is 5.29. The van der Waals surface area contributed by atoms with Crippen LogP contribution in [-0.2, 0) is 14.1 Å². The molecule has 0 saturated heterocycles. The Labute approximate surface area is 125 Å². The first-order valence-electron chi connectivity index (χ1n) is 7.05. The van der Waals surface area contributed by atoms with Crippen LogP contribution in [0.25, 0.3) is 0 Å². The van der Waals surface area contributed by atoms with Gasteiger partial charge < -0.3 is 5.32 Å². The van der Waals surface area contributed by atoms with E-state index in [0.717, 1.165) is 29.2 Å². The van der Waals surface area contributed by atoms with Gasteiger partial charge in [-0.3, -0.25) is 14.2 Å². The van der Waals surface area contributed by atoms with Gasteiger partial charge in [-0.15, -0.1) is 0 Å². The number of benzene rings is 1. The number of aromatic nitrogens is 2. The maximum atomic E-state index is 12.2. The number of nitrogens with zero attached hydrogens (tertiary/aromatic N) is 3. The van der Waals surface area contributed by atoms with Gasteiger partial charge in [-0.1, -0.05) is 0 Å². The summed E-state index contributed by atoms with van der Waals surface area (Å²) in [6.45, 7) is 10.9. The van der Waals surface area contributed by atoms with E-state index < -0.39 is 0 Å². The van der Waals surface area contributed by atoms with Crippen molar-refractivity contribution in [2.75, 3.05) is 11.9 Å². The molecule has 2 aromatic rings. The molecule has 0 atom stereocenters. The van der Waals surface area contributed by atoms with Gasteiger partial charge in [0.2, 0.25) is 5.69 Å². The Morgan fingerprint density at radius 1 is 1.24 bits per heavy atom. The summed E-state index contributed by atoms with van der Waals surface area (Å²) in [7, 11) is 3.64. The van der Waals surface area contributed by atoms with Crippen molar-refractivity contribution in [1.82, 2.24) is 9.36 Å². The summed E-state index contributed by atoms with van der Waals surface area (Å²) in [6.07, 6.45) is 0. The Bertz CT molecular complexity index is 752. The number of hydrogen-bond donors (Lipinski definition) is 1. The van der Waals surface area contributed by atoms with Crippen LogP contribution in [0.4, 0.5) is 17.1 Å². The molecule has 0 bridgehead atoms. The van der Waals surface area contributed by atoms with Crippen LogP contribution in [0, 0.1) is 13.8 Å². The van der Waals surface area contributed by atoms with Gasteiger partial charge >= 0.3 is 0 Å². The molecular weight excluding hydrogens is 264 g/mol. The zero-order valence-corrected chi connectivity index (χ0v) is 13.4. The average Bonchev–Trinajstić information content (AvgIpc) is 2.66. The van der Waals surface area contributed by atoms with Gasteiger partial charge in [0.05, 0.1) is 5.69 Å². The third-order valence-electron chi connectivity index (χ3n) is 4.02. The van der Waals surface area contributed by atoms with Gasteiger partial charge in [0.15, 0.2) is 0 Å². The third kappa shape index (κ3) is 2.63. The molecule has 5 heteroatoms. The number of anilines is 2. The van der Waals surface area contributed by atoms with Gasteiger partial charge in [-0.25, -0.2) is 4.58 Å². The first-order chi connectivity index (χ1) is 9.86. The smallest absolute Gasteiger partial charge is 0.290 e. The molecule has 0 radical (unpaired) electrons. The summed E-state index contributed by atoms with van der Waals surface area (Å²) >= 11 is 0. The maximum absolute atomic E-state index is 12.2. The van der Waals surface area contributed by atoms with Crippen LogP contribution >= 0.6 is 0 Å². The molecule has 0 saturated carbocycles. The molecule has 21 heavy (non-hydrogen) atoms. The molecule has 0 aliphatic heterocycles. The molecule has 5 nitrogen and oxygen atoms in total. The molecule has 0 fully saturated rings. The van der Waals surface area contributed by atoms with Crippen molar-refractivity contribution in [3.63, 3.8) is 0 Å². The van der Waals surface area contributed by atoms with E-state index in [1.54, 1.807) is 11.7 Å². The minimum absolute atomic E-state index is 0.0224. The lowest BCUT2D eigenvalue weighted by atomic mass is 10.1. The fourth-order valence-electron chi connectivity index (χ4n) is 2.29. The summed E-state index contributed by atoms with van der Waals surface area (Å²) in [5.74, 6) is 0. The highest BCUT2D eigenvalue weighted by atomic mass is 16.1. The minimum Gasteiger partial charge on any atom is -0.349 e. The first-order valence-corrected chi connectivity index (χ1v) is 7.05. The molecule has 0 aliphatic rings. The molecule has 0 amide bonds. The van der Waals surface area contributed by atoms with Gasteiger partial charge in [-0.2, -0.15) is 0 Å². The van der Waals surface area contributed by atoms with E-state index in [2.05, 4.69) is 25.0 Å². The largest absolute Gasteiger partial charge is 0.349 e. The Morgan fingerprint density at radius 2 is 1.90 bits per heavy atom. The Morgan fingerprint density at radius 3 is 2.38 bits per heavy atom. The van der Waals surface area contributed by atoms with E-state index >= 15 is 0 Å². The molecular formula is C16H23N4O+. The summed E-state index contributed by atoms with van der Waals surface area (Å²) in [6, 6.07) is 6.07. The highest BCUT2D eigenvalue weighted by Gasteiger charge is 2.14. The summed E-state index contributed by atoms with van der Waals surface area (Å²) in [5.41, 5.74) is 4.61. The third-order valence-corrected chi connectivity index (χ3v) is 4.02. The standard InChI is InChI=1S/C16H23N4O/c1-7-18(4)13-8-9-14(11(2)10-13)17-15-12(3)19(5)20(6)16(15)21/h8-10,17H,4,7H2,1-3,5-6H3/q+1. The normalized spacial score (nSPS) is 10.7. The predicted molar refractivity (Wildman–Crippen MR) is 87.4 cm³/mol. The van der Waals surface area contributed by atoms with Crippen LogP contribution < -0.4 is 10.9 Å². The molecule has 112 valence electrons. The van der Waals surface area contributed by atoms with Crippen LogP contribution in [0.2, 0.25) is 0 Å². The van der Waals surface area contributed by atoms with E-state index in [1.807, 2.05) is 42.3 Å². The number of nitrogens with one attached hydrogen (secondary N) is 1. The van der Waals surface area contributed by atoms with E-state index in [0.29, 0.717) is 5.69 Å². The van der Waals surface area contributed by atoms with Crippen LogP contribution in [0.5, 0.6) is 0 Å². The van der Waals surface area contributed by atoms with Crippen LogP contribution in [0.3, 0.4) is 0 Å². The van der Waals surface area contributed by atoms with Crippen molar-refractivity contribution >= 4 is 23.8 Å². The van der Waals surface area contributed by atoms with Gasteiger partial charge in [0.1, 0.15) is 18.9 Å². The molecule has 0 spiro atoms. The van der Waals surface area contributed by atoms with Crippen molar-refractivity contribution in [1.29, 1.82) is 0 Å². The summed E-state index contributed by atoms with van der Waals surface area (Å²) in [4.78, 5) is 12.2. The highest BCUT2D eigenvalue weighted by molar-refractivity contribution is 5.66. The van der Waals surface area contributed by atoms with Crippen molar-refractivity contribution in [3.8, 4) is 0 Å². The van der Waals surface area contributed by atoms with E-state index in [9.17, 15) is 4.79 Å². The van der Waals surface area contributed by atoms with E-state index in [-0.39, 0.29) is 5.56 Å². The SMILES string of the molecule is C=[N+](CC)c1ccc(Nc2c(C)n(C)n(C)c2=O)c(C)c1.